The number of aryl methyl sites for hydroxylation is 1. The zero-order chi connectivity index (χ0) is 28.3. The lowest BCUT2D eigenvalue weighted by atomic mass is 10.0. The van der Waals surface area contributed by atoms with E-state index in [0.29, 0.717) is 23.1 Å². The number of hydrogen-bond donors (Lipinski definition) is 3. The Bertz CT molecular complexity index is 1720. The maximum absolute atomic E-state index is 13.3. The fourth-order valence-corrected chi connectivity index (χ4v) is 5.24. The molecular formula is C27H23Cl2N3O6S. The fraction of sp³-hybridized carbons (Fsp3) is 0.148. The van der Waals surface area contributed by atoms with Crippen molar-refractivity contribution in [3.63, 3.8) is 0 Å². The number of nitrogens with zero attached hydrogens (tertiary/aromatic N) is 2. The third kappa shape index (κ3) is 5.99. The van der Waals surface area contributed by atoms with Gasteiger partial charge in [-0.25, -0.2) is 0 Å². The van der Waals surface area contributed by atoms with Crippen molar-refractivity contribution in [1.29, 1.82) is 0 Å². The lowest BCUT2D eigenvalue weighted by Gasteiger charge is -2.15. The number of phenolic OH excluding ortho intramolecular Hbond substituents is 1. The maximum Gasteiger partial charge on any atom is 0.294 e. The van der Waals surface area contributed by atoms with Gasteiger partial charge in [-0.1, -0.05) is 60.5 Å². The van der Waals surface area contributed by atoms with E-state index < -0.39 is 21.8 Å². The summed E-state index contributed by atoms with van der Waals surface area (Å²) in [6, 6.07) is 15.9. The topological polar surface area (TPSA) is 138 Å². The molecule has 0 saturated heterocycles. The molecule has 0 unspecified atom stereocenters. The summed E-state index contributed by atoms with van der Waals surface area (Å²) in [6.07, 6.45) is 0.268. The molecule has 12 heteroatoms. The molecule has 202 valence electrons. The third-order valence-corrected chi connectivity index (χ3v) is 7.35. The van der Waals surface area contributed by atoms with Crippen LogP contribution in [0.5, 0.6) is 11.5 Å². The molecule has 39 heavy (non-hydrogen) atoms. The molecule has 0 radical (unpaired) electrons. The zero-order valence-corrected chi connectivity index (χ0v) is 23.1. The lowest BCUT2D eigenvalue weighted by Crippen LogP contribution is -2.14. The van der Waals surface area contributed by atoms with Crippen molar-refractivity contribution in [2.24, 2.45) is 10.2 Å². The molecule has 0 atom stereocenters. The fourth-order valence-electron chi connectivity index (χ4n) is 3.96. The van der Waals surface area contributed by atoms with Crippen LogP contribution in [0.2, 0.25) is 10.0 Å². The van der Waals surface area contributed by atoms with Crippen molar-refractivity contribution >= 4 is 67.1 Å². The van der Waals surface area contributed by atoms with E-state index in [1.165, 1.54) is 12.1 Å². The number of rotatable bonds is 8. The maximum atomic E-state index is 13.3. The van der Waals surface area contributed by atoms with Crippen LogP contribution in [0.15, 0.2) is 75.8 Å². The molecule has 4 aromatic rings. The first-order valence-electron chi connectivity index (χ1n) is 11.7. The summed E-state index contributed by atoms with van der Waals surface area (Å²) in [7, 11) is -4.50. The second kappa shape index (κ2) is 11.6. The molecule has 9 nitrogen and oxygen atoms in total. The molecule has 0 aliphatic carbocycles. The monoisotopic (exact) mass is 587 g/mol. The normalized spacial score (nSPS) is 11.7. The summed E-state index contributed by atoms with van der Waals surface area (Å²) in [5.74, 6) is -0.734. The molecule has 0 fully saturated rings. The number of phenols is 1. The average Bonchev–Trinajstić information content (AvgIpc) is 2.89. The van der Waals surface area contributed by atoms with Gasteiger partial charge in [-0.2, -0.15) is 8.42 Å². The smallest absolute Gasteiger partial charge is 0.294 e. The van der Waals surface area contributed by atoms with Crippen molar-refractivity contribution in [1.82, 2.24) is 0 Å². The minimum Gasteiger partial charge on any atom is -0.505 e. The number of aromatic hydroxyl groups is 1. The van der Waals surface area contributed by atoms with E-state index in [4.69, 9.17) is 27.9 Å². The average molecular weight is 588 g/mol. The van der Waals surface area contributed by atoms with Crippen molar-refractivity contribution in [3.8, 4) is 11.5 Å². The van der Waals surface area contributed by atoms with Crippen molar-refractivity contribution in [3.05, 3.63) is 81.8 Å². The Morgan fingerprint density at radius 2 is 1.74 bits per heavy atom. The molecule has 0 heterocycles. The largest absolute Gasteiger partial charge is 0.505 e. The van der Waals surface area contributed by atoms with E-state index >= 15 is 0 Å². The highest BCUT2D eigenvalue weighted by molar-refractivity contribution is 7.85. The van der Waals surface area contributed by atoms with Gasteiger partial charge in [-0.15, -0.1) is 10.2 Å². The Balaban J connectivity index is 1.81. The van der Waals surface area contributed by atoms with Gasteiger partial charge in [0, 0.05) is 5.39 Å². The number of azo groups is 1. The molecule has 4 aromatic carbocycles. The molecular weight excluding hydrogens is 565 g/mol. The number of carbonyl (C=O) groups is 1. The van der Waals surface area contributed by atoms with Gasteiger partial charge in [0.15, 0.2) is 5.75 Å². The quantitative estimate of drug-likeness (QED) is 0.142. The van der Waals surface area contributed by atoms with Gasteiger partial charge in [0.1, 0.15) is 22.8 Å². The molecule has 1 amide bonds. The summed E-state index contributed by atoms with van der Waals surface area (Å²) >= 11 is 12.5. The molecule has 0 aromatic heterocycles. The van der Waals surface area contributed by atoms with Gasteiger partial charge in [-0.3, -0.25) is 9.35 Å². The van der Waals surface area contributed by atoms with E-state index in [9.17, 15) is 22.9 Å². The number of para-hydroxylation sites is 1. The van der Waals surface area contributed by atoms with Crippen LogP contribution in [0.4, 0.5) is 17.1 Å². The molecule has 0 saturated carbocycles. The van der Waals surface area contributed by atoms with Crippen molar-refractivity contribution < 1.29 is 27.6 Å². The number of benzene rings is 4. The molecule has 0 spiro atoms. The van der Waals surface area contributed by atoms with Crippen LogP contribution in [0, 0.1) is 0 Å². The number of halogens is 2. The van der Waals surface area contributed by atoms with E-state index in [1.807, 2.05) is 0 Å². The predicted molar refractivity (Wildman–Crippen MR) is 151 cm³/mol. The van der Waals surface area contributed by atoms with Gasteiger partial charge in [0.05, 0.1) is 27.1 Å². The van der Waals surface area contributed by atoms with Gasteiger partial charge in [0.25, 0.3) is 16.0 Å². The Morgan fingerprint density at radius 1 is 1.00 bits per heavy atom. The Labute approximate surface area is 234 Å². The molecule has 0 aliphatic heterocycles. The van der Waals surface area contributed by atoms with E-state index in [2.05, 4.69) is 15.5 Å². The minimum atomic E-state index is -4.50. The highest BCUT2D eigenvalue weighted by Gasteiger charge is 2.22. The summed E-state index contributed by atoms with van der Waals surface area (Å²) < 4.78 is 38.5. The predicted octanol–water partition coefficient (Wildman–Crippen LogP) is 7.73. The van der Waals surface area contributed by atoms with E-state index in [-0.39, 0.29) is 49.6 Å². The number of carbonyl (C=O) groups excluding carboxylic acids is 1. The van der Waals surface area contributed by atoms with Crippen molar-refractivity contribution in [2.75, 3.05) is 11.9 Å². The molecule has 4 rings (SSSR count). The van der Waals surface area contributed by atoms with Crippen LogP contribution in [0.25, 0.3) is 10.8 Å². The minimum absolute atomic E-state index is 0.00425. The number of fused-ring (bicyclic) bond motifs is 1. The lowest BCUT2D eigenvalue weighted by molar-refractivity contribution is 0.102. The number of anilines is 1. The van der Waals surface area contributed by atoms with Gasteiger partial charge >= 0.3 is 0 Å². The Kier molecular flexibility index (Phi) is 8.41. The van der Waals surface area contributed by atoms with Crippen LogP contribution in [0.3, 0.4) is 0 Å². The molecule has 3 N–H and O–H groups in total. The first kappa shape index (κ1) is 28.3. The number of amides is 1. The summed E-state index contributed by atoms with van der Waals surface area (Å²) in [5, 5.41) is 23.5. The van der Waals surface area contributed by atoms with E-state index in [0.717, 1.165) is 6.07 Å². The van der Waals surface area contributed by atoms with Gasteiger partial charge < -0.3 is 15.2 Å². The summed E-state index contributed by atoms with van der Waals surface area (Å²) in [5.41, 5.74) is 0.543. The SMILES string of the molecule is CCOc1cccc(Cl)c1NC(=O)c1cc2ccccc2c(N=Nc2cc(CC)c(S(=O)(=O)O)cc2Cl)c1O. The van der Waals surface area contributed by atoms with Crippen LogP contribution in [-0.2, 0) is 16.5 Å². The van der Waals surface area contributed by atoms with Gasteiger partial charge in [-0.05, 0) is 54.6 Å². The molecule has 0 bridgehead atoms. The standard InChI is InChI=1S/C27H23Cl2N3O6S/c1-3-15-13-21(20(29)14-23(15)39(35,36)37)31-32-24-17-9-6-5-8-16(17)12-18(26(24)33)27(34)30-25-19(28)10-7-11-22(25)38-4-2/h5-14,33H,3-4H2,1-2H3,(H,30,34)(H,35,36,37). The number of ether oxygens (including phenoxy) is 1. The first-order valence-corrected chi connectivity index (χ1v) is 13.9. The summed E-state index contributed by atoms with van der Waals surface area (Å²) in [4.78, 5) is 13.0. The van der Waals surface area contributed by atoms with Crippen LogP contribution in [-0.4, -0.2) is 30.6 Å². The highest BCUT2D eigenvalue weighted by Crippen LogP contribution is 2.41. The van der Waals surface area contributed by atoms with Crippen LogP contribution < -0.4 is 10.1 Å². The third-order valence-electron chi connectivity index (χ3n) is 5.80. The molecule has 0 aliphatic rings. The van der Waals surface area contributed by atoms with Crippen LogP contribution in [0.1, 0.15) is 29.8 Å². The second-order valence-electron chi connectivity index (χ2n) is 8.28. The number of nitrogens with one attached hydrogen (secondary N) is 1. The Morgan fingerprint density at radius 3 is 2.44 bits per heavy atom. The van der Waals surface area contributed by atoms with Gasteiger partial charge in [0.2, 0.25) is 0 Å². The zero-order valence-electron chi connectivity index (χ0n) is 20.8. The first-order chi connectivity index (χ1) is 18.5. The second-order valence-corrected chi connectivity index (χ2v) is 10.5. The van der Waals surface area contributed by atoms with Crippen LogP contribution >= 0.6 is 23.2 Å². The Hall–Kier alpha value is -3.70. The van der Waals surface area contributed by atoms with Crippen molar-refractivity contribution in [2.45, 2.75) is 25.2 Å². The summed E-state index contributed by atoms with van der Waals surface area (Å²) in [6.45, 7) is 3.85. The highest BCUT2D eigenvalue weighted by atomic mass is 35.5. The number of hydrogen-bond acceptors (Lipinski definition) is 7. The van der Waals surface area contributed by atoms with E-state index in [1.54, 1.807) is 56.3 Å².